The van der Waals surface area contributed by atoms with Crippen LogP contribution in [0.4, 0.5) is 0 Å². The van der Waals surface area contributed by atoms with Crippen molar-refractivity contribution < 1.29 is 4.79 Å². The van der Waals surface area contributed by atoms with Crippen molar-refractivity contribution >= 4 is 28.6 Å². The van der Waals surface area contributed by atoms with E-state index in [9.17, 15) is 9.59 Å². The highest BCUT2D eigenvalue weighted by Crippen LogP contribution is 2.22. The molecule has 0 aliphatic rings. The number of para-hydroxylation sites is 1. The first-order chi connectivity index (χ1) is 13.9. The number of fused-ring (bicyclic) bond motifs is 1. The summed E-state index contributed by atoms with van der Waals surface area (Å²) >= 11 is 1.33. The summed E-state index contributed by atoms with van der Waals surface area (Å²) in [6.07, 6.45) is 0.814. The summed E-state index contributed by atoms with van der Waals surface area (Å²) in [7, 11) is 1.80. The Hall–Kier alpha value is -2.60. The fraction of sp³-hybridized carbons (Fsp3) is 0.348. The molecule has 0 aliphatic heterocycles. The van der Waals surface area contributed by atoms with Crippen molar-refractivity contribution in [2.24, 2.45) is 0 Å². The first kappa shape index (κ1) is 21.1. The van der Waals surface area contributed by atoms with Gasteiger partial charge in [-0.1, -0.05) is 60.6 Å². The van der Waals surface area contributed by atoms with Crippen LogP contribution in [0.3, 0.4) is 0 Å². The zero-order valence-corrected chi connectivity index (χ0v) is 18.2. The number of carbonyl (C=O) groups excluding carboxylic acids is 1. The minimum absolute atomic E-state index is 0.00804. The van der Waals surface area contributed by atoms with Crippen LogP contribution < -0.4 is 5.56 Å². The van der Waals surface area contributed by atoms with Crippen LogP contribution in [0.5, 0.6) is 0 Å². The fourth-order valence-electron chi connectivity index (χ4n) is 3.09. The van der Waals surface area contributed by atoms with E-state index in [1.165, 1.54) is 17.3 Å². The van der Waals surface area contributed by atoms with E-state index in [0.29, 0.717) is 22.6 Å². The second-order valence-electron chi connectivity index (χ2n) is 7.37. The number of thioether (sulfide) groups is 1. The Morgan fingerprint density at radius 3 is 2.55 bits per heavy atom. The average molecular weight is 410 g/mol. The Kier molecular flexibility index (Phi) is 6.75. The molecule has 6 heteroatoms. The largest absolute Gasteiger partial charge is 0.341 e. The molecule has 0 N–H and O–H groups in total. The van der Waals surface area contributed by atoms with E-state index >= 15 is 0 Å². The van der Waals surface area contributed by atoms with Gasteiger partial charge < -0.3 is 4.90 Å². The van der Waals surface area contributed by atoms with Crippen LogP contribution in [0.25, 0.3) is 10.9 Å². The van der Waals surface area contributed by atoms with E-state index in [1.54, 1.807) is 22.6 Å². The van der Waals surface area contributed by atoms with E-state index in [0.717, 1.165) is 12.0 Å². The highest BCUT2D eigenvalue weighted by Gasteiger charge is 2.18. The van der Waals surface area contributed by atoms with Gasteiger partial charge in [0.15, 0.2) is 5.16 Å². The van der Waals surface area contributed by atoms with Crippen LogP contribution in [0.2, 0.25) is 0 Å². The van der Waals surface area contributed by atoms with E-state index in [-0.39, 0.29) is 23.3 Å². The van der Waals surface area contributed by atoms with E-state index in [2.05, 4.69) is 4.98 Å². The van der Waals surface area contributed by atoms with Crippen molar-refractivity contribution in [2.75, 3.05) is 12.8 Å². The smallest absolute Gasteiger partial charge is 0.262 e. The number of benzene rings is 2. The molecule has 3 aromatic rings. The Morgan fingerprint density at radius 1 is 1.17 bits per heavy atom. The zero-order valence-electron chi connectivity index (χ0n) is 17.4. The van der Waals surface area contributed by atoms with Gasteiger partial charge in [-0.15, -0.1) is 0 Å². The molecular formula is C23H27N3O2S. The number of aromatic nitrogens is 2. The Labute approximate surface area is 175 Å². The van der Waals surface area contributed by atoms with E-state index in [4.69, 9.17) is 0 Å². The van der Waals surface area contributed by atoms with Crippen LogP contribution in [0.1, 0.15) is 37.4 Å². The van der Waals surface area contributed by atoms with Gasteiger partial charge in [-0.3, -0.25) is 14.2 Å². The molecule has 0 fully saturated rings. The lowest BCUT2D eigenvalue weighted by Crippen LogP contribution is -2.29. The molecule has 0 spiro atoms. The van der Waals surface area contributed by atoms with Crippen LogP contribution in [-0.2, 0) is 11.3 Å². The maximum Gasteiger partial charge on any atom is 0.262 e. The lowest BCUT2D eigenvalue weighted by Gasteiger charge is -2.20. The van der Waals surface area contributed by atoms with Gasteiger partial charge in [0.05, 0.1) is 16.7 Å². The number of carbonyl (C=O) groups is 1. The van der Waals surface area contributed by atoms with Crippen molar-refractivity contribution in [2.45, 2.75) is 44.9 Å². The second-order valence-corrected chi connectivity index (χ2v) is 8.31. The quantitative estimate of drug-likeness (QED) is 0.428. The lowest BCUT2D eigenvalue weighted by molar-refractivity contribution is -0.127. The number of rotatable bonds is 7. The van der Waals surface area contributed by atoms with Crippen molar-refractivity contribution in [1.29, 1.82) is 0 Å². The molecule has 1 amide bonds. The zero-order chi connectivity index (χ0) is 21.0. The maximum absolute atomic E-state index is 13.0. The molecule has 0 saturated heterocycles. The van der Waals surface area contributed by atoms with Crippen LogP contribution in [0.15, 0.2) is 58.5 Å². The molecule has 1 atom stereocenters. The number of hydrogen-bond donors (Lipinski definition) is 0. The van der Waals surface area contributed by atoms with Gasteiger partial charge in [0.2, 0.25) is 5.91 Å². The third kappa shape index (κ3) is 4.88. The summed E-state index contributed by atoms with van der Waals surface area (Å²) < 4.78 is 1.72. The van der Waals surface area contributed by atoms with Crippen LogP contribution in [0, 0.1) is 6.92 Å². The van der Waals surface area contributed by atoms with Crippen molar-refractivity contribution in [3.05, 3.63) is 70.0 Å². The van der Waals surface area contributed by atoms with Gasteiger partial charge in [-0.25, -0.2) is 4.98 Å². The van der Waals surface area contributed by atoms with E-state index < -0.39 is 0 Å². The molecule has 0 radical (unpaired) electrons. The minimum Gasteiger partial charge on any atom is -0.341 e. The number of aryl methyl sites for hydroxylation is 1. The predicted octanol–water partition coefficient (Wildman–Crippen LogP) is 4.43. The first-order valence-corrected chi connectivity index (χ1v) is 10.8. The topological polar surface area (TPSA) is 55.2 Å². The van der Waals surface area contributed by atoms with Crippen molar-refractivity contribution in [3.8, 4) is 0 Å². The third-order valence-corrected chi connectivity index (χ3v) is 6.04. The summed E-state index contributed by atoms with van der Waals surface area (Å²) in [6, 6.07) is 15.6. The number of amides is 1. The van der Waals surface area contributed by atoms with E-state index in [1.807, 2.05) is 63.2 Å². The third-order valence-electron chi connectivity index (χ3n) is 5.10. The van der Waals surface area contributed by atoms with Gasteiger partial charge >= 0.3 is 0 Å². The van der Waals surface area contributed by atoms with Crippen LogP contribution >= 0.6 is 11.8 Å². The minimum atomic E-state index is -0.0482. The number of hydrogen-bond acceptors (Lipinski definition) is 4. The molecule has 1 aromatic heterocycles. The molecule has 3 rings (SSSR count). The highest BCUT2D eigenvalue weighted by atomic mass is 32.2. The van der Waals surface area contributed by atoms with Gasteiger partial charge in [-0.05, 0) is 38.0 Å². The summed E-state index contributed by atoms with van der Waals surface area (Å²) in [5.74, 6) is 0.248. The second kappa shape index (κ2) is 9.27. The predicted molar refractivity (Wildman–Crippen MR) is 119 cm³/mol. The Bertz CT molecular complexity index is 1060. The standard InChI is InChI=1S/C23H27N3O2S/c1-5-17(3)26-22(28)19-8-6-7-9-20(19)24-23(26)29-15-21(27)25(4)14-18-12-10-16(2)11-13-18/h6-13,17H,5,14-15H2,1-4H3/t17-/m0/s1. The summed E-state index contributed by atoms with van der Waals surface area (Å²) in [5.41, 5.74) is 2.91. The van der Waals surface area contributed by atoms with Gasteiger partial charge in [0.1, 0.15) is 0 Å². The first-order valence-electron chi connectivity index (χ1n) is 9.84. The van der Waals surface area contributed by atoms with Crippen molar-refractivity contribution in [3.63, 3.8) is 0 Å². The summed E-state index contributed by atoms with van der Waals surface area (Å²) in [5, 5.41) is 1.21. The maximum atomic E-state index is 13.0. The van der Waals surface area contributed by atoms with Crippen LogP contribution in [-0.4, -0.2) is 33.2 Å². The molecule has 0 saturated carbocycles. The van der Waals surface area contributed by atoms with Gasteiger partial charge in [0.25, 0.3) is 5.56 Å². The molecule has 0 bridgehead atoms. The molecule has 5 nitrogen and oxygen atoms in total. The normalized spacial score (nSPS) is 12.1. The Morgan fingerprint density at radius 2 is 1.86 bits per heavy atom. The molecule has 29 heavy (non-hydrogen) atoms. The SMILES string of the molecule is CC[C@H](C)n1c(SCC(=O)N(C)Cc2ccc(C)cc2)nc2ccccc2c1=O. The summed E-state index contributed by atoms with van der Waals surface area (Å²) in [6.45, 7) is 6.65. The van der Waals surface area contributed by atoms with Crippen molar-refractivity contribution in [1.82, 2.24) is 14.5 Å². The molecule has 2 aromatic carbocycles. The molecule has 1 heterocycles. The average Bonchev–Trinajstić information content (AvgIpc) is 2.73. The molecule has 0 unspecified atom stereocenters. The molecular weight excluding hydrogens is 382 g/mol. The lowest BCUT2D eigenvalue weighted by atomic mass is 10.1. The fourth-order valence-corrected chi connectivity index (χ4v) is 4.13. The number of nitrogens with zero attached hydrogens (tertiary/aromatic N) is 3. The molecule has 152 valence electrons. The molecule has 0 aliphatic carbocycles. The Balaban J connectivity index is 1.79. The van der Waals surface area contributed by atoms with Gasteiger partial charge in [0, 0.05) is 19.6 Å². The van der Waals surface area contributed by atoms with Gasteiger partial charge in [-0.2, -0.15) is 0 Å². The monoisotopic (exact) mass is 409 g/mol. The highest BCUT2D eigenvalue weighted by molar-refractivity contribution is 7.99. The summed E-state index contributed by atoms with van der Waals surface area (Å²) in [4.78, 5) is 32.1.